The summed E-state index contributed by atoms with van der Waals surface area (Å²) in [6.07, 6.45) is 2.43. The largest absolute Gasteiger partial charge is 0.435 e. The molecule has 5 nitrogen and oxygen atoms in total. The topological polar surface area (TPSA) is 53.0 Å². The number of likely N-dealkylation sites (tertiary alicyclic amines) is 2. The summed E-state index contributed by atoms with van der Waals surface area (Å²) in [6.45, 7) is 1.44. The summed E-state index contributed by atoms with van der Waals surface area (Å²) in [5.74, 6) is 0.263. The molecule has 0 saturated carbocycles. The number of aliphatic hydroxyl groups is 1. The van der Waals surface area contributed by atoms with E-state index in [2.05, 4.69) is 9.64 Å². The van der Waals surface area contributed by atoms with E-state index < -0.39 is 6.61 Å². The molecule has 2 atom stereocenters. The van der Waals surface area contributed by atoms with Crippen LogP contribution < -0.4 is 4.74 Å². The fraction of sp³-hybridized carbons (Fsp3) is 0.611. The zero-order valence-corrected chi connectivity index (χ0v) is 14.1. The highest BCUT2D eigenvalue weighted by molar-refractivity contribution is 5.94. The molecule has 1 aromatic rings. The average Bonchev–Trinajstić information content (AvgIpc) is 3.24. The summed E-state index contributed by atoms with van der Waals surface area (Å²) in [7, 11) is 0. The van der Waals surface area contributed by atoms with Gasteiger partial charge in [-0.25, -0.2) is 0 Å². The van der Waals surface area contributed by atoms with Gasteiger partial charge < -0.3 is 19.6 Å². The van der Waals surface area contributed by atoms with Crippen molar-refractivity contribution < 1.29 is 23.4 Å². The molecule has 3 rings (SSSR count). The predicted molar refractivity (Wildman–Crippen MR) is 88.7 cm³/mol. The van der Waals surface area contributed by atoms with Gasteiger partial charge in [-0.05, 0) is 56.1 Å². The Kier molecular flexibility index (Phi) is 5.86. The van der Waals surface area contributed by atoms with Gasteiger partial charge in [0.05, 0.1) is 0 Å². The van der Waals surface area contributed by atoms with Crippen LogP contribution in [-0.2, 0) is 0 Å². The quantitative estimate of drug-likeness (QED) is 0.850. The number of hydrogen-bond donors (Lipinski definition) is 1. The smallest absolute Gasteiger partial charge is 0.387 e. The van der Waals surface area contributed by atoms with E-state index in [-0.39, 0.29) is 30.1 Å². The normalized spacial score (nSPS) is 24.2. The number of alkyl halides is 2. The SMILES string of the molecule is O=C(c1ccc(OC(F)F)cc1)N1C[C@@H](CN2CCCC2)[C@@H](CO)C1. The van der Waals surface area contributed by atoms with Crippen molar-refractivity contribution in [1.29, 1.82) is 0 Å². The highest BCUT2D eigenvalue weighted by Crippen LogP contribution is 2.27. The molecule has 0 spiro atoms. The first-order chi connectivity index (χ1) is 12.1. The lowest BCUT2D eigenvalue weighted by Crippen LogP contribution is -2.32. The number of benzene rings is 1. The van der Waals surface area contributed by atoms with Gasteiger partial charge >= 0.3 is 6.61 Å². The summed E-state index contributed by atoms with van der Waals surface area (Å²) in [5, 5.41) is 9.66. The number of halogens is 2. The van der Waals surface area contributed by atoms with Gasteiger partial charge in [-0.15, -0.1) is 0 Å². The molecule has 1 aromatic carbocycles. The molecular formula is C18H24F2N2O3. The van der Waals surface area contributed by atoms with E-state index in [4.69, 9.17) is 0 Å². The summed E-state index contributed by atoms with van der Waals surface area (Å²) < 4.78 is 28.7. The molecule has 2 fully saturated rings. The number of carbonyl (C=O) groups is 1. The van der Waals surface area contributed by atoms with Gasteiger partial charge in [0.25, 0.3) is 5.91 Å². The predicted octanol–water partition coefficient (Wildman–Crippen LogP) is 2.06. The zero-order chi connectivity index (χ0) is 17.8. The third kappa shape index (κ3) is 4.46. The standard InChI is InChI=1S/C18H24F2N2O3/c19-18(20)25-16-5-3-13(4-6-16)17(24)22-10-14(15(11-22)12-23)9-21-7-1-2-8-21/h3-6,14-15,18,23H,1-2,7-12H2/t14-,15-/m1/s1. The Morgan fingerprint density at radius 2 is 1.80 bits per heavy atom. The lowest BCUT2D eigenvalue weighted by molar-refractivity contribution is -0.0498. The lowest BCUT2D eigenvalue weighted by Gasteiger charge is -2.22. The Bertz CT molecular complexity index is 576. The molecule has 2 aliphatic heterocycles. The number of hydrogen-bond acceptors (Lipinski definition) is 4. The van der Waals surface area contributed by atoms with Crippen molar-refractivity contribution in [2.45, 2.75) is 19.5 Å². The zero-order valence-electron chi connectivity index (χ0n) is 14.1. The second-order valence-corrected chi connectivity index (χ2v) is 6.82. The van der Waals surface area contributed by atoms with Crippen LogP contribution in [0.5, 0.6) is 5.75 Å². The summed E-state index contributed by atoms with van der Waals surface area (Å²) in [5.41, 5.74) is 0.445. The Balaban J connectivity index is 1.61. The van der Waals surface area contributed by atoms with Gasteiger partial charge in [0.1, 0.15) is 5.75 Å². The molecule has 0 bridgehead atoms. The molecule has 0 radical (unpaired) electrons. The third-order valence-corrected chi connectivity index (χ3v) is 5.12. The van der Waals surface area contributed by atoms with Gasteiger partial charge in [-0.3, -0.25) is 4.79 Å². The number of ether oxygens (including phenoxy) is 1. The minimum Gasteiger partial charge on any atom is -0.435 e. The maximum Gasteiger partial charge on any atom is 0.387 e. The molecule has 138 valence electrons. The van der Waals surface area contributed by atoms with Gasteiger partial charge in [0.2, 0.25) is 0 Å². The second kappa shape index (κ2) is 8.10. The van der Waals surface area contributed by atoms with E-state index in [1.54, 1.807) is 4.90 Å². The van der Waals surface area contributed by atoms with E-state index in [1.165, 1.54) is 37.1 Å². The van der Waals surface area contributed by atoms with Crippen molar-refractivity contribution in [2.24, 2.45) is 11.8 Å². The fourth-order valence-electron chi connectivity index (χ4n) is 3.78. The summed E-state index contributed by atoms with van der Waals surface area (Å²) in [6, 6.07) is 5.75. The van der Waals surface area contributed by atoms with Gasteiger partial charge in [0.15, 0.2) is 0 Å². The van der Waals surface area contributed by atoms with Crippen molar-refractivity contribution in [3.63, 3.8) is 0 Å². The first-order valence-corrected chi connectivity index (χ1v) is 8.74. The molecule has 0 unspecified atom stereocenters. The van der Waals surface area contributed by atoms with Crippen LogP contribution in [-0.4, -0.2) is 66.8 Å². The highest BCUT2D eigenvalue weighted by Gasteiger charge is 2.36. The summed E-state index contributed by atoms with van der Waals surface area (Å²) in [4.78, 5) is 16.8. The Morgan fingerprint density at radius 3 is 2.40 bits per heavy atom. The number of amides is 1. The number of aliphatic hydroxyl groups excluding tert-OH is 1. The molecule has 1 N–H and O–H groups in total. The summed E-state index contributed by atoms with van der Waals surface area (Å²) >= 11 is 0. The maximum atomic E-state index is 12.7. The minimum absolute atomic E-state index is 0.0353. The first-order valence-electron chi connectivity index (χ1n) is 8.74. The van der Waals surface area contributed by atoms with E-state index in [0.717, 1.165) is 19.6 Å². The van der Waals surface area contributed by atoms with Gasteiger partial charge in [-0.2, -0.15) is 8.78 Å². The Hall–Kier alpha value is -1.73. The van der Waals surface area contributed by atoms with E-state index in [9.17, 15) is 18.7 Å². The minimum atomic E-state index is -2.88. The van der Waals surface area contributed by atoms with Crippen LogP contribution in [0.2, 0.25) is 0 Å². The second-order valence-electron chi connectivity index (χ2n) is 6.82. The van der Waals surface area contributed by atoms with Crippen LogP contribution in [0.4, 0.5) is 8.78 Å². The van der Waals surface area contributed by atoms with E-state index in [0.29, 0.717) is 18.7 Å². The van der Waals surface area contributed by atoms with Crippen LogP contribution >= 0.6 is 0 Å². The van der Waals surface area contributed by atoms with Crippen molar-refractivity contribution in [1.82, 2.24) is 9.80 Å². The maximum absolute atomic E-state index is 12.7. The Labute approximate surface area is 146 Å². The van der Waals surface area contributed by atoms with Crippen molar-refractivity contribution in [3.8, 4) is 5.75 Å². The van der Waals surface area contributed by atoms with Crippen molar-refractivity contribution in [2.75, 3.05) is 39.3 Å². The first kappa shape index (κ1) is 18.1. The molecule has 2 aliphatic rings. The molecule has 2 saturated heterocycles. The number of rotatable bonds is 6. The van der Waals surface area contributed by atoms with E-state index >= 15 is 0 Å². The average molecular weight is 354 g/mol. The molecule has 25 heavy (non-hydrogen) atoms. The number of nitrogens with zero attached hydrogens (tertiary/aromatic N) is 2. The molecule has 0 aromatic heterocycles. The van der Waals surface area contributed by atoms with Crippen LogP contribution in [0.25, 0.3) is 0 Å². The highest BCUT2D eigenvalue weighted by atomic mass is 19.3. The van der Waals surface area contributed by atoms with Gasteiger partial charge in [-0.1, -0.05) is 0 Å². The van der Waals surface area contributed by atoms with Crippen LogP contribution in [0.3, 0.4) is 0 Å². The van der Waals surface area contributed by atoms with Crippen molar-refractivity contribution in [3.05, 3.63) is 29.8 Å². The van der Waals surface area contributed by atoms with Gasteiger partial charge in [0, 0.05) is 37.7 Å². The van der Waals surface area contributed by atoms with E-state index in [1.807, 2.05) is 0 Å². The van der Waals surface area contributed by atoms with Crippen LogP contribution in [0.1, 0.15) is 23.2 Å². The molecule has 7 heteroatoms. The van der Waals surface area contributed by atoms with Crippen LogP contribution in [0, 0.1) is 11.8 Å². The van der Waals surface area contributed by atoms with Crippen molar-refractivity contribution >= 4 is 5.91 Å². The molecule has 0 aliphatic carbocycles. The fourth-order valence-corrected chi connectivity index (χ4v) is 3.78. The van der Waals surface area contributed by atoms with Crippen LogP contribution in [0.15, 0.2) is 24.3 Å². The molecule has 1 amide bonds. The Morgan fingerprint density at radius 1 is 1.16 bits per heavy atom. The third-order valence-electron chi connectivity index (χ3n) is 5.12. The monoisotopic (exact) mass is 354 g/mol. The molecule has 2 heterocycles. The lowest BCUT2D eigenvalue weighted by atomic mass is 9.96. The molecular weight excluding hydrogens is 330 g/mol. The number of carbonyl (C=O) groups excluding carboxylic acids is 1.